The zero-order valence-electron chi connectivity index (χ0n) is 32.4. The Bertz CT molecular complexity index is 997. The molecule has 0 radical (unpaired) electrons. The summed E-state index contributed by atoms with van der Waals surface area (Å²) in [5, 5.41) is 3.48. The highest BCUT2D eigenvalue weighted by atomic mass is 35.5. The summed E-state index contributed by atoms with van der Waals surface area (Å²) in [6, 6.07) is 0.308. The summed E-state index contributed by atoms with van der Waals surface area (Å²) in [5.74, 6) is 5.09. The average molecular weight is 752 g/mol. The summed E-state index contributed by atoms with van der Waals surface area (Å²) in [6.45, 7) is 20.0. The summed E-state index contributed by atoms with van der Waals surface area (Å²) < 4.78 is 6.29. The zero-order chi connectivity index (χ0) is 33.5. The van der Waals surface area contributed by atoms with Crippen LogP contribution in [0.5, 0.6) is 0 Å². The number of nitrogens with zero attached hydrogens (tertiary/aromatic N) is 1. The van der Waals surface area contributed by atoms with Crippen molar-refractivity contribution >= 4 is 43.3 Å². The number of halogens is 3. The van der Waals surface area contributed by atoms with Crippen molar-refractivity contribution in [3.05, 3.63) is 11.6 Å². The Labute approximate surface area is 320 Å². The Balaban J connectivity index is 0.00000400. The van der Waals surface area contributed by atoms with Gasteiger partial charge in [0.05, 0.1) is 0 Å². The first-order chi connectivity index (χ1) is 21.8. The molecule has 49 heavy (non-hydrogen) atoms. The fourth-order valence-corrected chi connectivity index (χ4v) is 10.6. The van der Waals surface area contributed by atoms with Gasteiger partial charge in [0.15, 0.2) is 0 Å². The van der Waals surface area contributed by atoms with Crippen LogP contribution in [-0.2, 0) is 4.74 Å². The highest BCUT2D eigenvalue weighted by Gasteiger charge is 2.59. The molecule has 10 atom stereocenters. The largest absolute Gasteiger partial charge is 0.446 e. The van der Waals surface area contributed by atoms with E-state index in [4.69, 9.17) is 16.2 Å². The van der Waals surface area contributed by atoms with Crippen LogP contribution in [-0.4, -0.2) is 55.4 Å². The standard InChI is InChI=1S/C40H74N4O2.3ClH/c1-28(2)11-10-12-29(3)35-15-16-36-34-14-13-32-27-33(17-21-39(32,6)37(34)18-22-40(35,36)7)46-38(45)44(26-20-31(5)42)25-9-8-23-43-24-19-30(4)41;;;/h13,28-31,33-37,43H,8-12,14-27,41-42H2,1-7H3;3*1H/t29-,30?,31?,33?,34?,35?,36?,37?,39?,40?;;;/m1.../s1. The van der Waals surface area contributed by atoms with Gasteiger partial charge in [-0.2, -0.15) is 0 Å². The fourth-order valence-electron chi connectivity index (χ4n) is 10.6. The molecule has 0 heterocycles. The van der Waals surface area contributed by atoms with Gasteiger partial charge in [-0.25, -0.2) is 4.79 Å². The molecule has 290 valence electrons. The second-order valence-electron chi connectivity index (χ2n) is 17.5. The van der Waals surface area contributed by atoms with Crippen molar-refractivity contribution < 1.29 is 9.53 Å². The summed E-state index contributed by atoms with van der Waals surface area (Å²) in [5.41, 5.74) is 14.3. The zero-order valence-corrected chi connectivity index (χ0v) is 34.8. The van der Waals surface area contributed by atoms with Crippen molar-refractivity contribution in [3.8, 4) is 0 Å². The Hall–Kier alpha value is -0.240. The molecular weight excluding hydrogens is 675 g/mol. The third-order valence-electron chi connectivity index (χ3n) is 13.4. The van der Waals surface area contributed by atoms with Gasteiger partial charge >= 0.3 is 6.09 Å². The number of unbranched alkanes of at least 4 members (excludes halogenated alkanes) is 1. The molecule has 0 aliphatic heterocycles. The predicted octanol–water partition coefficient (Wildman–Crippen LogP) is 9.94. The van der Waals surface area contributed by atoms with Crippen LogP contribution >= 0.6 is 37.2 Å². The number of nitrogens with two attached hydrogens (primary N) is 2. The molecular formula is C40H77Cl3N4O2. The Morgan fingerprint density at radius 1 is 0.857 bits per heavy atom. The molecule has 4 aliphatic rings. The number of ether oxygens (including phenoxy) is 1. The number of rotatable bonds is 17. The molecule has 0 aromatic carbocycles. The van der Waals surface area contributed by atoms with E-state index in [-0.39, 0.29) is 66.9 Å². The summed E-state index contributed by atoms with van der Waals surface area (Å²) in [6.07, 6.45) is 20.5. The van der Waals surface area contributed by atoms with Crippen molar-refractivity contribution in [1.82, 2.24) is 10.2 Å². The summed E-state index contributed by atoms with van der Waals surface area (Å²) in [7, 11) is 0. The third kappa shape index (κ3) is 12.1. The van der Waals surface area contributed by atoms with E-state index < -0.39 is 0 Å². The van der Waals surface area contributed by atoms with Crippen LogP contribution in [0.3, 0.4) is 0 Å². The lowest BCUT2D eigenvalue weighted by Gasteiger charge is -2.58. The van der Waals surface area contributed by atoms with E-state index in [9.17, 15) is 4.79 Å². The van der Waals surface area contributed by atoms with Crippen molar-refractivity contribution in [3.63, 3.8) is 0 Å². The molecule has 4 rings (SSSR count). The predicted molar refractivity (Wildman–Crippen MR) is 215 cm³/mol. The third-order valence-corrected chi connectivity index (χ3v) is 13.4. The monoisotopic (exact) mass is 751 g/mol. The summed E-state index contributed by atoms with van der Waals surface area (Å²) >= 11 is 0. The maximum absolute atomic E-state index is 13.5. The quantitative estimate of drug-likeness (QED) is 0.102. The lowest BCUT2D eigenvalue weighted by Crippen LogP contribution is -2.51. The molecule has 0 aromatic heterocycles. The normalized spacial score (nSPS) is 32.1. The van der Waals surface area contributed by atoms with Crippen molar-refractivity contribution in [2.45, 2.75) is 163 Å². The number of carbonyl (C=O) groups excluding carboxylic acids is 1. The number of hydrogen-bond acceptors (Lipinski definition) is 5. The molecule has 0 saturated heterocycles. The average Bonchev–Trinajstić information content (AvgIpc) is 3.35. The fraction of sp³-hybridized carbons (Fsp3) is 0.925. The first-order valence-corrected chi connectivity index (χ1v) is 19.7. The molecule has 4 aliphatic carbocycles. The SMILES string of the molecule is CC(C)CCC[C@@H](C)C1CCC2C3CC=C4CC(OC(=O)N(CCCCNCCC(C)N)CCC(C)N)CCC4(C)C3CCC21C.Cl.Cl.Cl. The molecule has 9 heteroatoms. The van der Waals surface area contributed by atoms with Gasteiger partial charge in [0.2, 0.25) is 0 Å². The second-order valence-corrected chi connectivity index (χ2v) is 17.5. The maximum atomic E-state index is 13.5. The number of carbonyl (C=O) groups is 1. The number of allylic oxidation sites excluding steroid dienone is 1. The van der Waals surface area contributed by atoms with E-state index in [1.165, 1.54) is 51.4 Å². The van der Waals surface area contributed by atoms with Crippen LogP contribution in [0.1, 0.15) is 145 Å². The van der Waals surface area contributed by atoms with Gasteiger partial charge < -0.3 is 26.4 Å². The molecule has 3 fully saturated rings. The Morgan fingerprint density at radius 2 is 1.57 bits per heavy atom. The van der Waals surface area contributed by atoms with Crippen molar-refractivity contribution in [2.24, 2.45) is 57.8 Å². The summed E-state index contributed by atoms with van der Waals surface area (Å²) in [4.78, 5) is 15.4. The smallest absolute Gasteiger partial charge is 0.410 e. The first kappa shape index (κ1) is 46.8. The number of amides is 1. The first-order valence-electron chi connectivity index (χ1n) is 19.7. The Kier molecular flexibility index (Phi) is 20.5. The van der Waals surface area contributed by atoms with E-state index in [1.54, 1.807) is 5.57 Å². The van der Waals surface area contributed by atoms with Crippen LogP contribution in [0.25, 0.3) is 0 Å². The molecule has 6 nitrogen and oxygen atoms in total. The topological polar surface area (TPSA) is 93.6 Å². The lowest BCUT2D eigenvalue weighted by atomic mass is 9.47. The van der Waals surface area contributed by atoms with Crippen molar-refractivity contribution in [2.75, 3.05) is 26.2 Å². The Morgan fingerprint density at radius 3 is 2.24 bits per heavy atom. The molecule has 1 amide bonds. The van der Waals surface area contributed by atoms with Crippen LogP contribution < -0.4 is 16.8 Å². The molecule has 0 aromatic rings. The molecule has 0 bridgehead atoms. The van der Waals surface area contributed by atoms with Gasteiger partial charge in [0, 0.05) is 31.6 Å². The van der Waals surface area contributed by atoms with Crippen LogP contribution in [0, 0.1) is 46.3 Å². The molecule has 3 saturated carbocycles. The minimum Gasteiger partial charge on any atom is -0.446 e. The molecule has 5 N–H and O–H groups in total. The van der Waals surface area contributed by atoms with E-state index in [1.807, 2.05) is 18.7 Å². The van der Waals surface area contributed by atoms with E-state index in [2.05, 4.69) is 46.0 Å². The highest BCUT2D eigenvalue weighted by Crippen LogP contribution is 2.67. The second kappa shape index (κ2) is 21.5. The van der Waals surface area contributed by atoms with Crippen molar-refractivity contribution in [1.29, 1.82) is 0 Å². The number of hydrogen-bond donors (Lipinski definition) is 3. The number of fused-ring (bicyclic) bond motifs is 5. The minimum absolute atomic E-state index is 0. The van der Waals surface area contributed by atoms with Gasteiger partial charge in [0.25, 0.3) is 0 Å². The molecule has 0 spiro atoms. The van der Waals surface area contributed by atoms with E-state index in [0.29, 0.717) is 12.0 Å². The maximum Gasteiger partial charge on any atom is 0.410 e. The van der Waals surface area contributed by atoms with E-state index in [0.717, 1.165) is 100 Å². The van der Waals surface area contributed by atoms with Gasteiger partial charge in [0.1, 0.15) is 6.10 Å². The van der Waals surface area contributed by atoms with E-state index >= 15 is 0 Å². The minimum atomic E-state index is -0.138. The van der Waals surface area contributed by atoms with Crippen LogP contribution in [0.2, 0.25) is 0 Å². The van der Waals surface area contributed by atoms with Gasteiger partial charge in [-0.15, -0.1) is 37.2 Å². The lowest BCUT2D eigenvalue weighted by molar-refractivity contribution is -0.0593. The number of nitrogens with one attached hydrogen (secondary N) is 1. The van der Waals surface area contributed by atoms with Gasteiger partial charge in [-0.05, 0) is 144 Å². The van der Waals surface area contributed by atoms with Crippen LogP contribution in [0.15, 0.2) is 11.6 Å². The van der Waals surface area contributed by atoms with Gasteiger partial charge in [-0.3, -0.25) is 0 Å². The molecule has 9 unspecified atom stereocenters. The highest BCUT2D eigenvalue weighted by molar-refractivity contribution is 5.86. The van der Waals surface area contributed by atoms with Gasteiger partial charge in [-0.1, -0.05) is 65.5 Å². The van der Waals surface area contributed by atoms with Crippen LogP contribution in [0.4, 0.5) is 4.79 Å².